The summed E-state index contributed by atoms with van der Waals surface area (Å²) in [6.07, 6.45) is 54.0. The summed E-state index contributed by atoms with van der Waals surface area (Å²) < 4.78 is 5.03. The van der Waals surface area contributed by atoms with E-state index in [2.05, 4.69) is 38.2 Å². The molecular formula is C44H82O3. The zero-order valence-corrected chi connectivity index (χ0v) is 32.0. The third-order valence-corrected chi connectivity index (χ3v) is 9.54. The third kappa shape index (κ3) is 40.7. The first-order valence-corrected chi connectivity index (χ1v) is 21.2. The van der Waals surface area contributed by atoms with Crippen LogP contribution < -0.4 is 0 Å². The largest absolute Gasteiger partial charge is 0.393 e. The predicted molar refractivity (Wildman–Crippen MR) is 207 cm³/mol. The quantitative estimate of drug-likeness (QED) is 0.0287. The van der Waals surface area contributed by atoms with Crippen LogP contribution in [0.2, 0.25) is 0 Å². The van der Waals surface area contributed by atoms with Crippen molar-refractivity contribution in [1.82, 2.24) is 0 Å². The second kappa shape index (κ2) is 40.8. The van der Waals surface area contributed by atoms with Crippen molar-refractivity contribution < 1.29 is 14.3 Å². The van der Waals surface area contributed by atoms with Crippen molar-refractivity contribution in [2.24, 2.45) is 0 Å². The summed E-state index contributed by atoms with van der Waals surface area (Å²) >= 11 is 0. The highest BCUT2D eigenvalue weighted by atomic mass is 16.6. The topological polar surface area (TPSA) is 43.4 Å². The van der Waals surface area contributed by atoms with Crippen LogP contribution in [0.25, 0.3) is 0 Å². The molecule has 47 heavy (non-hydrogen) atoms. The summed E-state index contributed by atoms with van der Waals surface area (Å²) in [6, 6.07) is 0. The molecule has 0 aliphatic rings. The van der Waals surface area contributed by atoms with E-state index in [1.54, 1.807) is 0 Å². The van der Waals surface area contributed by atoms with Crippen LogP contribution in [0.4, 0.5) is 0 Å². The first-order chi connectivity index (χ1) is 23.2. The van der Waals surface area contributed by atoms with Gasteiger partial charge in [-0.3, -0.25) is 9.59 Å². The molecule has 276 valence electrons. The molecule has 0 spiro atoms. The van der Waals surface area contributed by atoms with Crippen molar-refractivity contribution in [1.29, 1.82) is 0 Å². The van der Waals surface area contributed by atoms with E-state index in [0.29, 0.717) is 12.8 Å². The van der Waals surface area contributed by atoms with Gasteiger partial charge in [-0.25, -0.2) is 0 Å². The Hall–Kier alpha value is -1.38. The van der Waals surface area contributed by atoms with E-state index in [1.807, 2.05) is 0 Å². The molecule has 3 heteroatoms. The molecule has 0 bridgehead atoms. The monoisotopic (exact) mass is 659 g/mol. The van der Waals surface area contributed by atoms with Gasteiger partial charge in [0.05, 0.1) is 0 Å². The molecule has 0 aliphatic heterocycles. The van der Waals surface area contributed by atoms with E-state index in [0.717, 1.165) is 44.9 Å². The zero-order valence-electron chi connectivity index (χ0n) is 32.0. The second-order valence-electron chi connectivity index (χ2n) is 14.4. The molecule has 0 unspecified atom stereocenters. The van der Waals surface area contributed by atoms with Crippen LogP contribution >= 0.6 is 0 Å². The fraction of sp³-hybridized carbons (Fsp3) is 0.864. The van der Waals surface area contributed by atoms with Crippen molar-refractivity contribution in [2.75, 3.05) is 0 Å². The molecule has 0 aliphatic carbocycles. The maximum atomic E-state index is 12.0. The standard InChI is InChI=1S/C44H82O3/c1-3-5-7-9-11-13-15-17-19-20-21-22-23-24-25-26-28-30-32-34-36-38-40-42-44(46)47-43(45)41-39-37-35-33-31-29-27-18-16-14-12-10-8-6-4-2/h23-24,26,28H,3-22,25,27,29-42H2,1-2H3/b24-23-,28-26-. The van der Waals surface area contributed by atoms with Gasteiger partial charge in [-0.2, -0.15) is 0 Å². The summed E-state index contributed by atoms with van der Waals surface area (Å²) in [5.41, 5.74) is 0. The van der Waals surface area contributed by atoms with Crippen LogP contribution in [0.15, 0.2) is 24.3 Å². The maximum absolute atomic E-state index is 12.0. The third-order valence-electron chi connectivity index (χ3n) is 9.54. The number of allylic oxidation sites excluding steroid dienone is 4. The minimum absolute atomic E-state index is 0.333. The molecule has 0 radical (unpaired) electrons. The van der Waals surface area contributed by atoms with E-state index in [4.69, 9.17) is 4.74 Å². The molecule has 3 nitrogen and oxygen atoms in total. The molecule has 0 fully saturated rings. The molecule has 0 saturated carbocycles. The number of hydrogen-bond donors (Lipinski definition) is 0. The molecule has 0 rings (SSSR count). The molecule has 0 amide bonds. The molecular weight excluding hydrogens is 576 g/mol. The van der Waals surface area contributed by atoms with Gasteiger partial charge in [0.2, 0.25) is 0 Å². The normalized spacial score (nSPS) is 11.7. The lowest BCUT2D eigenvalue weighted by Crippen LogP contribution is -2.11. The SMILES string of the molecule is CCCCCCCCCCCCC/C=C\C/C=C\CCCCCCCC(=O)OC(=O)CCCCCCCCCCCCCCCCC. The van der Waals surface area contributed by atoms with Gasteiger partial charge in [0, 0.05) is 12.8 Å². The minimum atomic E-state index is -0.338. The number of carbonyl (C=O) groups excluding carboxylic acids is 2. The number of carbonyl (C=O) groups is 2. The fourth-order valence-corrected chi connectivity index (χ4v) is 6.36. The maximum Gasteiger partial charge on any atom is 0.313 e. The number of esters is 2. The average Bonchev–Trinajstić information content (AvgIpc) is 3.06. The molecule has 0 saturated heterocycles. The van der Waals surface area contributed by atoms with Crippen LogP contribution in [0, 0.1) is 0 Å². The van der Waals surface area contributed by atoms with Crippen molar-refractivity contribution in [3.8, 4) is 0 Å². The van der Waals surface area contributed by atoms with Gasteiger partial charge in [0.25, 0.3) is 0 Å². The van der Waals surface area contributed by atoms with Gasteiger partial charge in [-0.05, 0) is 44.9 Å². The van der Waals surface area contributed by atoms with E-state index in [-0.39, 0.29) is 11.9 Å². The zero-order chi connectivity index (χ0) is 34.1. The molecule has 0 atom stereocenters. The minimum Gasteiger partial charge on any atom is -0.393 e. The van der Waals surface area contributed by atoms with Crippen molar-refractivity contribution in [3.63, 3.8) is 0 Å². The number of ether oxygens (including phenoxy) is 1. The summed E-state index contributed by atoms with van der Waals surface area (Å²) in [5, 5.41) is 0. The van der Waals surface area contributed by atoms with Crippen molar-refractivity contribution in [2.45, 2.75) is 245 Å². The lowest BCUT2D eigenvalue weighted by Gasteiger charge is -2.04. The Morgan fingerprint density at radius 1 is 0.340 bits per heavy atom. The van der Waals surface area contributed by atoms with Crippen LogP contribution in [-0.4, -0.2) is 11.9 Å². The highest BCUT2D eigenvalue weighted by Gasteiger charge is 2.09. The average molecular weight is 659 g/mol. The Bertz CT molecular complexity index is 694. The molecule has 0 heterocycles. The Morgan fingerprint density at radius 3 is 0.894 bits per heavy atom. The fourth-order valence-electron chi connectivity index (χ4n) is 6.36. The van der Waals surface area contributed by atoms with Gasteiger partial charge in [0.1, 0.15) is 0 Å². The Balaban J connectivity index is 3.34. The highest BCUT2D eigenvalue weighted by Crippen LogP contribution is 2.15. The van der Waals surface area contributed by atoms with E-state index in [9.17, 15) is 9.59 Å². The summed E-state index contributed by atoms with van der Waals surface area (Å²) in [5.74, 6) is -0.671. The van der Waals surface area contributed by atoms with Crippen LogP contribution in [0.3, 0.4) is 0 Å². The number of unbranched alkanes of at least 4 members (excludes halogenated alkanes) is 30. The summed E-state index contributed by atoms with van der Waals surface area (Å²) in [6.45, 7) is 4.56. The van der Waals surface area contributed by atoms with Gasteiger partial charge in [-0.15, -0.1) is 0 Å². The van der Waals surface area contributed by atoms with E-state index in [1.165, 1.54) is 173 Å². The number of hydrogen-bond acceptors (Lipinski definition) is 3. The van der Waals surface area contributed by atoms with Gasteiger partial charge < -0.3 is 4.74 Å². The Kier molecular flexibility index (Phi) is 39.6. The molecule has 0 aromatic carbocycles. The van der Waals surface area contributed by atoms with Crippen LogP contribution in [-0.2, 0) is 14.3 Å². The van der Waals surface area contributed by atoms with Gasteiger partial charge in [-0.1, -0.05) is 212 Å². The smallest absolute Gasteiger partial charge is 0.313 e. The summed E-state index contributed by atoms with van der Waals surface area (Å²) in [7, 11) is 0. The lowest BCUT2D eigenvalue weighted by molar-refractivity contribution is -0.159. The van der Waals surface area contributed by atoms with E-state index >= 15 is 0 Å². The highest BCUT2D eigenvalue weighted by molar-refractivity contribution is 5.85. The van der Waals surface area contributed by atoms with Crippen LogP contribution in [0.1, 0.15) is 245 Å². The predicted octanol–water partition coefficient (Wildman–Crippen LogP) is 15.3. The molecule has 0 aromatic heterocycles. The van der Waals surface area contributed by atoms with E-state index < -0.39 is 0 Å². The van der Waals surface area contributed by atoms with Crippen LogP contribution in [0.5, 0.6) is 0 Å². The first kappa shape index (κ1) is 45.6. The van der Waals surface area contributed by atoms with Gasteiger partial charge in [0.15, 0.2) is 0 Å². The lowest BCUT2D eigenvalue weighted by atomic mass is 10.0. The molecule has 0 N–H and O–H groups in total. The second-order valence-corrected chi connectivity index (χ2v) is 14.4. The Labute approximate surface area is 294 Å². The molecule has 0 aromatic rings. The first-order valence-electron chi connectivity index (χ1n) is 21.2. The summed E-state index contributed by atoms with van der Waals surface area (Å²) in [4.78, 5) is 23.9. The van der Waals surface area contributed by atoms with Crippen molar-refractivity contribution in [3.05, 3.63) is 24.3 Å². The Morgan fingerprint density at radius 2 is 0.596 bits per heavy atom. The van der Waals surface area contributed by atoms with Crippen molar-refractivity contribution >= 4 is 11.9 Å². The van der Waals surface area contributed by atoms with Gasteiger partial charge >= 0.3 is 11.9 Å². The number of rotatable bonds is 38.